The molecule has 102 valence electrons. The smallest absolute Gasteiger partial charge is 0.0659 e. The Balaban J connectivity index is 2.09. The van der Waals surface area contributed by atoms with E-state index in [1.54, 1.807) is 12.0 Å². The SMILES string of the molecule is COCC(NC1CCCc2sc(I)cc21)C(C)C. The van der Waals surface area contributed by atoms with E-state index in [4.69, 9.17) is 4.74 Å². The summed E-state index contributed by atoms with van der Waals surface area (Å²) in [5, 5.41) is 3.80. The van der Waals surface area contributed by atoms with Crippen molar-refractivity contribution in [3.8, 4) is 0 Å². The van der Waals surface area contributed by atoms with Gasteiger partial charge in [0.25, 0.3) is 0 Å². The van der Waals surface area contributed by atoms with Crippen LogP contribution in [0.2, 0.25) is 0 Å². The molecule has 0 saturated heterocycles. The lowest BCUT2D eigenvalue weighted by atomic mass is 9.92. The maximum atomic E-state index is 5.34. The molecule has 0 fully saturated rings. The van der Waals surface area contributed by atoms with Crippen LogP contribution in [0.25, 0.3) is 0 Å². The lowest BCUT2D eigenvalue weighted by Gasteiger charge is -2.30. The zero-order valence-electron chi connectivity index (χ0n) is 11.3. The minimum absolute atomic E-state index is 0.448. The molecule has 0 aliphatic heterocycles. The summed E-state index contributed by atoms with van der Waals surface area (Å²) in [6.07, 6.45) is 3.82. The first kappa shape index (κ1) is 14.8. The van der Waals surface area contributed by atoms with Gasteiger partial charge in [0.1, 0.15) is 0 Å². The van der Waals surface area contributed by atoms with E-state index in [1.165, 1.54) is 27.7 Å². The third-order valence-corrected chi connectivity index (χ3v) is 5.62. The summed E-state index contributed by atoms with van der Waals surface area (Å²) in [7, 11) is 1.79. The maximum Gasteiger partial charge on any atom is 0.0659 e. The summed E-state index contributed by atoms with van der Waals surface area (Å²) in [5.41, 5.74) is 1.54. The third-order valence-electron chi connectivity index (χ3n) is 3.65. The van der Waals surface area contributed by atoms with Crippen LogP contribution in [0, 0.1) is 8.80 Å². The average Bonchev–Trinajstić information content (AvgIpc) is 2.69. The number of fused-ring (bicyclic) bond motifs is 1. The van der Waals surface area contributed by atoms with Gasteiger partial charge in [-0.3, -0.25) is 0 Å². The predicted molar refractivity (Wildman–Crippen MR) is 86.4 cm³/mol. The third kappa shape index (κ3) is 3.46. The number of methoxy groups -OCH3 is 1. The molecule has 1 aliphatic rings. The minimum atomic E-state index is 0.448. The maximum absolute atomic E-state index is 5.34. The fraction of sp³-hybridized carbons (Fsp3) is 0.714. The largest absolute Gasteiger partial charge is 0.383 e. The number of rotatable bonds is 5. The van der Waals surface area contributed by atoms with Gasteiger partial charge >= 0.3 is 0 Å². The van der Waals surface area contributed by atoms with Crippen LogP contribution in [0.4, 0.5) is 0 Å². The van der Waals surface area contributed by atoms with Crippen LogP contribution in [0.5, 0.6) is 0 Å². The van der Waals surface area contributed by atoms with E-state index in [-0.39, 0.29) is 0 Å². The summed E-state index contributed by atoms with van der Waals surface area (Å²) >= 11 is 4.40. The van der Waals surface area contributed by atoms with Crippen LogP contribution in [0.15, 0.2) is 6.07 Å². The Hall–Kier alpha value is 0.350. The molecule has 2 atom stereocenters. The molecule has 18 heavy (non-hydrogen) atoms. The quantitative estimate of drug-likeness (QED) is 0.782. The van der Waals surface area contributed by atoms with E-state index in [9.17, 15) is 0 Å². The highest BCUT2D eigenvalue weighted by atomic mass is 127. The van der Waals surface area contributed by atoms with E-state index in [0.29, 0.717) is 18.0 Å². The lowest BCUT2D eigenvalue weighted by molar-refractivity contribution is 0.138. The number of halogens is 1. The molecule has 0 aromatic carbocycles. The van der Waals surface area contributed by atoms with Crippen LogP contribution < -0.4 is 5.32 Å². The molecule has 0 spiro atoms. The Morgan fingerprint density at radius 2 is 2.33 bits per heavy atom. The van der Waals surface area contributed by atoms with Gasteiger partial charge in [0.15, 0.2) is 0 Å². The summed E-state index contributed by atoms with van der Waals surface area (Å²) < 4.78 is 6.75. The topological polar surface area (TPSA) is 21.3 Å². The van der Waals surface area contributed by atoms with E-state index in [0.717, 1.165) is 6.61 Å². The van der Waals surface area contributed by atoms with Crippen molar-refractivity contribution in [1.82, 2.24) is 5.32 Å². The second-order valence-corrected chi connectivity index (χ2v) is 8.38. The van der Waals surface area contributed by atoms with Gasteiger partial charge in [-0.2, -0.15) is 0 Å². The fourth-order valence-electron chi connectivity index (χ4n) is 2.57. The van der Waals surface area contributed by atoms with Gasteiger partial charge in [-0.1, -0.05) is 13.8 Å². The summed E-state index contributed by atoms with van der Waals surface area (Å²) in [6, 6.07) is 3.33. The number of thiophene rings is 1. The summed E-state index contributed by atoms with van der Waals surface area (Å²) in [4.78, 5) is 1.59. The molecule has 2 rings (SSSR count). The Labute approximate surface area is 128 Å². The lowest BCUT2D eigenvalue weighted by Crippen LogP contribution is -2.40. The predicted octanol–water partition coefficient (Wildman–Crippen LogP) is 3.99. The molecule has 1 N–H and O–H groups in total. The molecule has 0 saturated carbocycles. The van der Waals surface area contributed by atoms with Gasteiger partial charge < -0.3 is 10.1 Å². The Morgan fingerprint density at radius 1 is 1.56 bits per heavy atom. The first-order valence-corrected chi connectivity index (χ1v) is 8.54. The highest BCUT2D eigenvalue weighted by molar-refractivity contribution is 14.1. The standard InChI is InChI=1S/C14H22INOS/c1-9(2)12(8-17-3)16-11-5-4-6-13-10(11)7-14(15)18-13/h7,9,11-12,16H,4-6,8H2,1-3H3. The van der Waals surface area contributed by atoms with Crippen LogP contribution in [0.3, 0.4) is 0 Å². The number of aryl methyl sites for hydroxylation is 1. The van der Waals surface area contributed by atoms with Gasteiger partial charge in [-0.05, 0) is 59.4 Å². The highest BCUT2D eigenvalue weighted by Crippen LogP contribution is 2.36. The van der Waals surface area contributed by atoms with Gasteiger partial charge in [-0.15, -0.1) is 11.3 Å². The van der Waals surface area contributed by atoms with Crippen LogP contribution in [0.1, 0.15) is 43.2 Å². The van der Waals surface area contributed by atoms with E-state index >= 15 is 0 Å². The number of ether oxygens (including phenoxy) is 1. The Bertz CT molecular complexity index is 391. The number of hydrogen-bond donors (Lipinski definition) is 1. The number of hydrogen-bond acceptors (Lipinski definition) is 3. The van der Waals surface area contributed by atoms with Crippen molar-refractivity contribution in [2.45, 2.75) is 45.2 Å². The molecule has 1 aromatic heterocycles. The Morgan fingerprint density at radius 3 is 3.00 bits per heavy atom. The second kappa shape index (κ2) is 6.68. The highest BCUT2D eigenvalue weighted by Gasteiger charge is 2.25. The van der Waals surface area contributed by atoms with Crippen molar-refractivity contribution in [2.24, 2.45) is 5.92 Å². The second-order valence-electron chi connectivity index (χ2n) is 5.35. The molecule has 0 bridgehead atoms. The van der Waals surface area contributed by atoms with E-state index in [1.807, 2.05) is 11.3 Å². The average molecular weight is 379 g/mol. The van der Waals surface area contributed by atoms with Gasteiger partial charge in [0.05, 0.1) is 9.49 Å². The molecule has 0 amide bonds. The van der Waals surface area contributed by atoms with Gasteiger partial charge in [-0.25, -0.2) is 0 Å². The monoisotopic (exact) mass is 379 g/mol. The number of nitrogens with one attached hydrogen (secondary N) is 1. The molecule has 2 unspecified atom stereocenters. The minimum Gasteiger partial charge on any atom is -0.383 e. The van der Waals surface area contributed by atoms with Crippen LogP contribution >= 0.6 is 33.9 Å². The first-order chi connectivity index (χ1) is 8.61. The van der Waals surface area contributed by atoms with E-state index in [2.05, 4.69) is 47.8 Å². The normalized spacial score (nSPS) is 21.1. The Kier molecular flexibility index (Phi) is 5.47. The molecule has 2 nitrogen and oxygen atoms in total. The molecular formula is C14H22INOS. The van der Waals surface area contributed by atoms with Crippen molar-refractivity contribution in [3.63, 3.8) is 0 Å². The molecule has 1 heterocycles. The first-order valence-electron chi connectivity index (χ1n) is 6.65. The zero-order chi connectivity index (χ0) is 13.1. The molecular weight excluding hydrogens is 357 g/mol. The zero-order valence-corrected chi connectivity index (χ0v) is 14.3. The van der Waals surface area contributed by atoms with Crippen molar-refractivity contribution in [1.29, 1.82) is 0 Å². The van der Waals surface area contributed by atoms with Crippen LogP contribution in [-0.2, 0) is 11.2 Å². The molecule has 0 radical (unpaired) electrons. The van der Waals surface area contributed by atoms with Crippen LogP contribution in [-0.4, -0.2) is 19.8 Å². The molecule has 1 aliphatic carbocycles. The van der Waals surface area contributed by atoms with Gasteiger partial charge in [0, 0.05) is 24.1 Å². The van der Waals surface area contributed by atoms with Crippen molar-refractivity contribution < 1.29 is 4.74 Å². The van der Waals surface area contributed by atoms with Crippen molar-refractivity contribution >= 4 is 33.9 Å². The fourth-order valence-corrected chi connectivity index (χ4v) is 4.69. The molecule has 1 aromatic rings. The summed E-state index contributed by atoms with van der Waals surface area (Å²) in [5.74, 6) is 0.605. The molecule has 4 heteroatoms. The summed E-state index contributed by atoms with van der Waals surface area (Å²) in [6.45, 7) is 5.32. The van der Waals surface area contributed by atoms with Gasteiger partial charge in [0.2, 0.25) is 0 Å². The van der Waals surface area contributed by atoms with Crippen molar-refractivity contribution in [2.75, 3.05) is 13.7 Å². The van der Waals surface area contributed by atoms with E-state index < -0.39 is 0 Å². The van der Waals surface area contributed by atoms with Crippen molar-refractivity contribution in [3.05, 3.63) is 19.4 Å².